The first-order valence-corrected chi connectivity index (χ1v) is 6.80. The number of allylic oxidation sites excluding steroid dienone is 1. The van der Waals surface area contributed by atoms with E-state index in [1.54, 1.807) is 0 Å². The Bertz CT molecular complexity index is 275. The van der Waals surface area contributed by atoms with Crippen LogP contribution in [0.5, 0.6) is 0 Å². The lowest BCUT2D eigenvalue weighted by Crippen LogP contribution is -2.61. The van der Waals surface area contributed by atoms with Crippen molar-refractivity contribution in [2.75, 3.05) is 13.2 Å². The van der Waals surface area contributed by atoms with Crippen molar-refractivity contribution in [3.05, 3.63) is 12.3 Å². The van der Waals surface area contributed by atoms with Gasteiger partial charge in [-0.1, -0.05) is 13.8 Å². The van der Waals surface area contributed by atoms with Gasteiger partial charge in [-0.05, 0) is 32.3 Å². The topological polar surface area (TPSA) is 30.5 Å². The van der Waals surface area contributed by atoms with E-state index in [-0.39, 0.29) is 5.41 Å². The van der Waals surface area contributed by atoms with E-state index < -0.39 is 0 Å². The Morgan fingerprint density at radius 3 is 2.88 bits per heavy atom. The number of nitrogens with one attached hydrogen (secondary N) is 1. The van der Waals surface area contributed by atoms with Crippen molar-refractivity contribution in [2.45, 2.75) is 58.3 Å². The summed E-state index contributed by atoms with van der Waals surface area (Å²) in [7, 11) is 0. The third kappa shape index (κ3) is 2.83. The quantitative estimate of drug-likeness (QED) is 0.799. The number of rotatable bonds is 5. The van der Waals surface area contributed by atoms with Crippen LogP contribution >= 0.6 is 0 Å². The van der Waals surface area contributed by atoms with Crippen molar-refractivity contribution in [1.29, 1.82) is 0 Å². The summed E-state index contributed by atoms with van der Waals surface area (Å²) in [4.78, 5) is 0. The van der Waals surface area contributed by atoms with Crippen LogP contribution in [0.25, 0.3) is 0 Å². The zero-order valence-corrected chi connectivity index (χ0v) is 11.2. The van der Waals surface area contributed by atoms with Gasteiger partial charge >= 0.3 is 0 Å². The molecule has 3 nitrogen and oxygen atoms in total. The Labute approximate surface area is 105 Å². The van der Waals surface area contributed by atoms with Crippen LogP contribution in [-0.4, -0.2) is 31.4 Å². The zero-order chi connectivity index (χ0) is 12.3. The Kier molecular flexibility index (Phi) is 4.10. The third-order valence-electron chi connectivity index (χ3n) is 4.16. The van der Waals surface area contributed by atoms with E-state index in [9.17, 15) is 0 Å². The van der Waals surface area contributed by atoms with Gasteiger partial charge in [0.2, 0.25) is 0 Å². The van der Waals surface area contributed by atoms with Crippen LogP contribution in [0.15, 0.2) is 12.3 Å². The van der Waals surface area contributed by atoms with Crippen LogP contribution in [0.4, 0.5) is 0 Å². The fraction of sp³-hybridized carbons (Fsp3) is 0.857. The smallest absolute Gasteiger partial charge is 0.110 e. The molecule has 1 fully saturated rings. The standard InChI is InChI=1S/C14H25NO2/c1-4-16-13-9-12(14(13,2)3)15-10-11-7-5-6-8-17-11/h6,8,11-13,15H,4-5,7,9-10H2,1-3H3. The van der Waals surface area contributed by atoms with Crippen molar-refractivity contribution in [3.8, 4) is 0 Å². The Balaban J connectivity index is 1.72. The maximum absolute atomic E-state index is 5.73. The van der Waals surface area contributed by atoms with Gasteiger partial charge in [0.05, 0.1) is 12.4 Å². The highest BCUT2D eigenvalue weighted by atomic mass is 16.5. The summed E-state index contributed by atoms with van der Waals surface area (Å²) in [5, 5.41) is 3.63. The molecule has 3 unspecified atom stereocenters. The molecule has 0 amide bonds. The predicted molar refractivity (Wildman–Crippen MR) is 68.8 cm³/mol. The Hall–Kier alpha value is -0.540. The normalized spacial score (nSPS) is 35.1. The molecule has 0 aromatic heterocycles. The van der Waals surface area contributed by atoms with E-state index in [1.165, 1.54) is 0 Å². The Morgan fingerprint density at radius 1 is 1.47 bits per heavy atom. The molecular formula is C14H25NO2. The number of hydrogen-bond donors (Lipinski definition) is 1. The maximum Gasteiger partial charge on any atom is 0.110 e. The summed E-state index contributed by atoms with van der Waals surface area (Å²) in [6.07, 6.45) is 8.09. The fourth-order valence-electron chi connectivity index (χ4n) is 2.72. The van der Waals surface area contributed by atoms with E-state index in [0.29, 0.717) is 18.2 Å². The van der Waals surface area contributed by atoms with Gasteiger partial charge in [-0.15, -0.1) is 0 Å². The van der Waals surface area contributed by atoms with Crippen LogP contribution in [0.2, 0.25) is 0 Å². The van der Waals surface area contributed by atoms with Gasteiger partial charge in [-0.3, -0.25) is 0 Å². The second-order valence-corrected chi connectivity index (χ2v) is 5.67. The van der Waals surface area contributed by atoms with E-state index >= 15 is 0 Å². The van der Waals surface area contributed by atoms with Gasteiger partial charge in [-0.2, -0.15) is 0 Å². The highest BCUT2D eigenvalue weighted by Crippen LogP contribution is 2.42. The molecule has 0 saturated heterocycles. The molecule has 0 radical (unpaired) electrons. The van der Waals surface area contributed by atoms with Crippen molar-refractivity contribution in [1.82, 2.24) is 5.32 Å². The average Bonchev–Trinajstić information content (AvgIpc) is 2.34. The molecule has 1 N–H and O–H groups in total. The molecule has 1 aliphatic carbocycles. The van der Waals surface area contributed by atoms with Gasteiger partial charge in [0, 0.05) is 24.6 Å². The van der Waals surface area contributed by atoms with Crippen molar-refractivity contribution >= 4 is 0 Å². The zero-order valence-electron chi connectivity index (χ0n) is 11.2. The summed E-state index contributed by atoms with van der Waals surface area (Å²) in [5.74, 6) is 0. The average molecular weight is 239 g/mol. The molecule has 0 aromatic rings. The monoisotopic (exact) mass is 239 g/mol. The van der Waals surface area contributed by atoms with Gasteiger partial charge in [0.15, 0.2) is 0 Å². The lowest BCUT2D eigenvalue weighted by Gasteiger charge is -2.52. The highest BCUT2D eigenvalue weighted by molar-refractivity contribution is 5.03. The van der Waals surface area contributed by atoms with Crippen LogP contribution in [0, 0.1) is 5.41 Å². The molecule has 2 rings (SSSR count). The molecule has 1 heterocycles. The first kappa shape index (κ1) is 12.9. The summed E-state index contributed by atoms with van der Waals surface area (Å²) < 4.78 is 11.3. The molecule has 1 saturated carbocycles. The van der Waals surface area contributed by atoms with Gasteiger partial charge in [0.25, 0.3) is 0 Å². The molecule has 1 aliphatic heterocycles. The molecule has 98 valence electrons. The van der Waals surface area contributed by atoms with Crippen LogP contribution in [-0.2, 0) is 9.47 Å². The third-order valence-corrected chi connectivity index (χ3v) is 4.16. The van der Waals surface area contributed by atoms with Crippen molar-refractivity contribution < 1.29 is 9.47 Å². The number of ether oxygens (including phenoxy) is 2. The lowest BCUT2D eigenvalue weighted by molar-refractivity contribution is -0.115. The first-order valence-electron chi connectivity index (χ1n) is 6.80. The molecule has 2 aliphatic rings. The highest BCUT2D eigenvalue weighted by Gasteiger charge is 2.48. The molecule has 3 heteroatoms. The minimum absolute atomic E-state index is 0.251. The largest absolute Gasteiger partial charge is 0.497 e. The summed E-state index contributed by atoms with van der Waals surface area (Å²) >= 11 is 0. The fourth-order valence-corrected chi connectivity index (χ4v) is 2.72. The minimum atomic E-state index is 0.251. The van der Waals surface area contributed by atoms with Crippen LogP contribution in [0.3, 0.4) is 0 Å². The van der Waals surface area contributed by atoms with E-state index in [0.717, 1.165) is 32.4 Å². The van der Waals surface area contributed by atoms with E-state index in [2.05, 4.69) is 32.2 Å². The summed E-state index contributed by atoms with van der Waals surface area (Å²) in [6.45, 7) is 8.42. The molecule has 0 spiro atoms. The Morgan fingerprint density at radius 2 is 2.29 bits per heavy atom. The first-order chi connectivity index (χ1) is 8.14. The molecule has 3 atom stereocenters. The molecule has 0 bridgehead atoms. The predicted octanol–water partition coefficient (Wildman–Crippen LogP) is 2.47. The summed E-state index contributed by atoms with van der Waals surface area (Å²) in [6, 6.07) is 0.563. The van der Waals surface area contributed by atoms with Crippen molar-refractivity contribution in [3.63, 3.8) is 0 Å². The molecular weight excluding hydrogens is 214 g/mol. The second kappa shape index (κ2) is 5.40. The van der Waals surface area contributed by atoms with E-state index in [1.807, 2.05) is 6.26 Å². The van der Waals surface area contributed by atoms with Gasteiger partial charge in [-0.25, -0.2) is 0 Å². The minimum Gasteiger partial charge on any atom is -0.497 e. The second-order valence-electron chi connectivity index (χ2n) is 5.67. The molecule has 17 heavy (non-hydrogen) atoms. The lowest BCUT2D eigenvalue weighted by atomic mass is 9.64. The summed E-state index contributed by atoms with van der Waals surface area (Å²) in [5.41, 5.74) is 0.251. The number of hydrogen-bond acceptors (Lipinski definition) is 3. The van der Waals surface area contributed by atoms with Crippen LogP contribution < -0.4 is 5.32 Å². The maximum atomic E-state index is 5.73. The molecule has 0 aromatic carbocycles. The van der Waals surface area contributed by atoms with Gasteiger partial charge in [0.1, 0.15) is 6.10 Å². The van der Waals surface area contributed by atoms with Crippen LogP contribution in [0.1, 0.15) is 40.0 Å². The van der Waals surface area contributed by atoms with Crippen molar-refractivity contribution in [2.24, 2.45) is 5.41 Å². The van der Waals surface area contributed by atoms with Gasteiger partial charge < -0.3 is 14.8 Å². The van der Waals surface area contributed by atoms with E-state index in [4.69, 9.17) is 9.47 Å². The SMILES string of the molecule is CCOC1CC(NCC2CCC=CO2)C1(C)C.